The molecule has 0 aromatic carbocycles. The van der Waals surface area contributed by atoms with Crippen LogP contribution in [0.2, 0.25) is 0 Å². The van der Waals surface area contributed by atoms with E-state index >= 15 is 0 Å². The van der Waals surface area contributed by atoms with Crippen molar-refractivity contribution in [1.82, 2.24) is 9.03 Å². The highest BCUT2D eigenvalue weighted by molar-refractivity contribution is 7.89. The van der Waals surface area contributed by atoms with Crippen molar-refractivity contribution in [2.45, 2.75) is 32.2 Å². The number of hydrogen-bond acceptors (Lipinski definition) is 4. The first-order valence-electron chi connectivity index (χ1n) is 5.70. The molecule has 0 amide bonds. The van der Waals surface area contributed by atoms with Crippen LogP contribution in [-0.2, 0) is 20.0 Å². The van der Waals surface area contributed by atoms with Gasteiger partial charge in [-0.2, -0.15) is 4.31 Å². The van der Waals surface area contributed by atoms with Gasteiger partial charge in [0.25, 0.3) is 0 Å². The second-order valence-corrected chi connectivity index (χ2v) is 8.20. The third-order valence-electron chi connectivity index (χ3n) is 2.76. The van der Waals surface area contributed by atoms with Gasteiger partial charge in [-0.1, -0.05) is 6.92 Å². The smallest absolute Gasteiger partial charge is 0.211 e. The van der Waals surface area contributed by atoms with Gasteiger partial charge in [0.2, 0.25) is 20.0 Å². The Morgan fingerprint density at radius 1 is 1.29 bits per heavy atom. The predicted octanol–water partition coefficient (Wildman–Crippen LogP) is -0.260. The van der Waals surface area contributed by atoms with Gasteiger partial charge in [-0.3, -0.25) is 0 Å². The molecule has 0 radical (unpaired) electrons. The van der Waals surface area contributed by atoms with Crippen LogP contribution < -0.4 is 4.72 Å². The van der Waals surface area contributed by atoms with Crippen LogP contribution in [0.5, 0.6) is 0 Å². The Balaban J connectivity index is 2.58. The lowest BCUT2D eigenvalue weighted by Gasteiger charge is -2.22. The van der Waals surface area contributed by atoms with E-state index in [2.05, 4.69) is 4.72 Å². The molecule has 1 fully saturated rings. The van der Waals surface area contributed by atoms with Gasteiger partial charge in [-0.15, -0.1) is 0 Å². The molecular weight excluding hydrogens is 264 g/mol. The molecule has 0 saturated carbocycles. The molecule has 1 heterocycles. The van der Waals surface area contributed by atoms with Crippen molar-refractivity contribution in [2.75, 3.05) is 25.1 Å². The third kappa shape index (κ3) is 4.53. The summed E-state index contributed by atoms with van der Waals surface area (Å²) in [5, 5.41) is 0. The first-order chi connectivity index (χ1) is 7.76. The van der Waals surface area contributed by atoms with E-state index in [0.717, 1.165) is 12.7 Å². The van der Waals surface area contributed by atoms with Crippen molar-refractivity contribution in [3.8, 4) is 0 Å². The lowest BCUT2D eigenvalue weighted by atomic mass is 10.2. The van der Waals surface area contributed by atoms with E-state index in [1.807, 2.05) is 0 Å². The van der Waals surface area contributed by atoms with Crippen LogP contribution in [0.4, 0.5) is 0 Å². The van der Waals surface area contributed by atoms with E-state index < -0.39 is 20.0 Å². The van der Waals surface area contributed by atoms with E-state index in [1.165, 1.54) is 4.31 Å². The van der Waals surface area contributed by atoms with E-state index in [1.54, 1.807) is 6.92 Å². The molecule has 102 valence electrons. The zero-order valence-corrected chi connectivity index (χ0v) is 11.8. The molecule has 6 nitrogen and oxygen atoms in total. The van der Waals surface area contributed by atoms with Crippen LogP contribution in [0.25, 0.3) is 0 Å². The molecule has 0 aromatic rings. The van der Waals surface area contributed by atoms with Gasteiger partial charge < -0.3 is 0 Å². The summed E-state index contributed by atoms with van der Waals surface area (Å²) >= 11 is 0. The number of sulfonamides is 2. The average Bonchev–Trinajstić information content (AvgIpc) is 2.61. The minimum atomic E-state index is -3.26. The Bertz CT molecular complexity index is 444. The molecule has 1 saturated heterocycles. The Morgan fingerprint density at radius 3 is 2.47 bits per heavy atom. The van der Waals surface area contributed by atoms with Crippen molar-refractivity contribution >= 4 is 20.0 Å². The second-order valence-electron chi connectivity index (χ2n) is 4.34. The van der Waals surface area contributed by atoms with E-state index in [0.29, 0.717) is 19.4 Å². The summed E-state index contributed by atoms with van der Waals surface area (Å²) in [5.74, 6) is 0.0819. The number of nitrogens with one attached hydrogen (secondary N) is 1. The molecule has 17 heavy (non-hydrogen) atoms. The summed E-state index contributed by atoms with van der Waals surface area (Å²) in [4.78, 5) is 0. The predicted molar refractivity (Wildman–Crippen MR) is 66.7 cm³/mol. The Morgan fingerprint density at radius 2 is 1.94 bits per heavy atom. The molecular formula is C9H20N2O4S2. The van der Waals surface area contributed by atoms with Gasteiger partial charge >= 0.3 is 0 Å². The standard InChI is InChI=1S/C9H20N2O4S2/c1-3-7-17(14,15)10-8-9-5-4-6-11(9)16(2,12)13/h9-10H,3-8H2,1-2H3. The first-order valence-corrected chi connectivity index (χ1v) is 9.20. The highest BCUT2D eigenvalue weighted by Crippen LogP contribution is 2.19. The number of hydrogen-bond donors (Lipinski definition) is 1. The average molecular weight is 284 g/mol. The normalized spacial score (nSPS) is 23.1. The Hall–Kier alpha value is -0.180. The van der Waals surface area contributed by atoms with Crippen molar-refractivity contribution in [1.29, 1.82) is 0 Å². The molecule has 1 N–H and O–H groups in total. The van der Waals surface area contributed by atoms with Gasteiger partial charge in [0.15, 0.2) is 0 Å². The van der Waals surface area contributed by atoms with Crippen LogP contribution in [-0.4, -0.2) is 52.3 Å². The largest absolute Gasteiger partial charge is 0.214 e. The monoisotopic (exact) mass is 284 g/mol. The molecule has 8 heteroatoms. The van der Waals surface area contributed by atoms with Crippen LogP contribution in [0.15, 0.2) is 0 Å². The number of nitrogens with zero attached hydrogens (tertiary/aromatic N) is 1. The van der Waals surface area contributed by atoms with E-state index in [9.17, 15) is 16.8 Å². The van der Waals surface area contributed by atoms with Crippen LogP contribution >= 0.6 is 0 Å². The summed E-state index contributed by atoms with van der Waals surface area (Å²) in [7, 11) is -6.49. The fourth-order valence-electron chi connectivity index (χ4n) is 2.01. The van der Waals surface area contributed by atoms with Crippen LogP contribution in [0.3, 0.4) is 0 Å². The summed E-state index contributed by atoms with van der Waals surface area (Å²) in [6.45, 7) is 2.45. The molecule has 0 spiro atoms. The topological polar surface area (TPSA) is 83.6 Å². The maximum absolute atomic E-state index is 11.5. The number of rotatable bonds is 6. The summed E-state index contributed by atoms with van der Waals surface area (Å²) < 4.78 is 49.7. The Kier molecular flexibility index (Phi) is 4.94. The first kappa shape index (κ1) is 14.9. The summed E-state index contributed by atoms with van der Waals surface area (Å²) in [6.07, 6.45) is 3.20. The van der Waals surface area contributed by atoms with Crippen LogP contribution in [0.1, 0.15) is 26.2 Å². The maximum atomic E-state index is 11.5. The van der Waals surface area contributed by atoms with Crippen molar-refractivity contribution in [3.63, 3.8) is 0 Å². The van der Waals surface area contributed by atoms with Gasteiger partial charge in [-0.25, -0.2) is 21.6 Å². The zero-order valence-electron chi connectivity index (χ0n) is 10.2. The fourth-order valence-corrected chi connectivity index (χ4v) is 4.32. The van der Waals surface area contributed by atoms with Gasteiger partial charge in [-0.05, 0) is 19.3 Å². The zero-order chi connectivity index (χ0) is 13.1. The molecule has 1 rings (SSSR count). The second kappa shape index (κ2) is 5.64. The molecule has 0 bridgehead atoms. The lowest BCUT2D eigenvalue weighted by Crippen LogP contribution is -2.43. The van der Waals surface area contributed by atoms with E-state index in [4.69, 9.17) is 0 Å². The van der Waals surface area contributed by atoms with Gasteiger partial charge in [0.1, 0.15) is 0 Å². The van der Waals surface area contributed by atoms with Crippen molar-refractivity contribution in [3.05, 3.63) is 0 Å². The van der Waals surface area contributed by atoms with Crippen molar-refractivity contribution in [2.24, 2.45) is 0 Å². The third-order valence-corrected chi connectivity index (χ3v) is 5.65. The molecule has 1 unspecified atom stereocenters. The summed E-state index contributed by atoms with van der Waals surface area (Å²) in [5.41, 5.74) is 0. The maximum Gasteiger partial charge on any atom is 0.211 e. The van der Waals surface area contributed by atoms with Gasteiger partial charge in [0.05, 0.1) is 12.0 Å². The highest BCUT2D eigenvalue weighted by atomic mass is 32.2. The minimum Gasteiger partial charge on any atom is -0.214 e. The highest BCUT2D eigenvalue weighted by Gasteiger charge is 2.31. The molecule has 0 aliphatic carbocycles. The molecule has 1 atom stereocenters. The fraction of sp³-hybridized carbons (Fsp3) is 1.00. The van der Waals surface area contributed by atoms with Crippen molar-refractivity contribution < 1.29 is 16.8 Å². The molecule has 1 aliphatic heterocycles. The quantitative estimate of drug-likeness (QED) is 0.728. The van der Waals surface area contributed by atoms with E-state index in [-0.39, 0.29) is 18.3 Å². The molecule has 1 aliphatic rings. The van der Waals surface area contributed by atoms with Crippen LogP contribution in [0, 0.1) is 0 Å². The lowest BCUT2D eigenvalue weighted by molar-refractivity contribution is 0.388. The minimum absolute atomic E-state index is 0.0819. The molecule has 0 aromatic heterocycles. The van der Waals surface area contributed by atoms with Gasteiger partial charge in [0, 0.05) is 19.1 Å². The SMILES string of the molecule is CCCS(=O)(=O)NCC1CCCN1S(C)(=O)=O. The summed E-state index contributed by atoms with van der Waals surface area (Å²) in [6, 6.07) is -0.239. The Labute approximate surface area is 103 Å².